The largest absolute Gasteiger partial charge is 0.435 e. The van der Waals surface area contributed by atoms with Crippen molar-refractivity contribution in [2.24, 2.45) is 11.5 Å². The third-order valence-corrected chi connectivity index (χ3v) is 19.3. The van der Waals surface area contributed by atoms with Crippen LogP contribution in [0.4, 0.5) is 0 Å². The zero-order valence-electron chi connectivity index (χ0n) is 58.6. The first-order chi connectivity index (χ1) is 53.3. The molecule has 53 nitrogen and oxygen atoms in total. The molecule has 2 amide bonds. The van der Waals surface area contributed by atoms with Gasteiger partial charge in [-0.05, 0) is 0 Å². The first-order valence-electron chi connectivity index (χ1n) is 34.1. The van der Waals surface area contributed by atoms with Gasteiger partial charge in [-0.15, -0.1) is 0 Å². The summed E-state index contributed by atoms with van der Waals surface area (Å²) >= 11 is 0. The lowest BCUT2D eigenvalue weighted by Crippen LogP contribution is -2.71. The summed E-state index contributed by atoms with van der Waals surface area (Å²) in [4.78, 5) is 84.4. The Morgan fingerprint density at radius 1 is 0.286 bits per heavy atom. The predicted molar refractivity (Wildman–Crippen MR) is 329 cm³/mol. The van der Waals surface area contributed by atoms with Crippen molar-refractivity contribution in [3.8, 4) is 0 Å². The van der Waals surface area contributed by atoms with Crippen LogP contribution in [0, 0.1) is 0 Å². The molecule has 0 spiro atoms. The minimum Gasteiger partial charge on any atom is -0.435 e. The van der Waals surface area contributed by atoms with Crippen molar-refractivity contribution in [2.75, 3.05) is 33.5 Å². The molecule has 9 heterocycles. The number of hydrogen-bond acceptors (Lipinski definition) is 51. The molecule has 25 N–H and O–H groups in total. The molecule has 53 heteroatoms. The molecule has 9 fully saturated rings. The van der Waals surface area contributed by atoms with E-state index in [0.717, 1.165) is 21.0 Å². The van der Waals surface area contributed by atoms with Gasteiger partial charge in [0.1, 0.15) is 152 Å². The molecule has 9 rings (SSSR count). The van der Waals surface area contributed by atoms with Gasteiger partial charge in [0, 0.05) is 21.0 Å². The van der Waals surface area contributed by atoms with Crippen molar-refractivity contribution in [1.82, 2.24) is 10.6 Å². The van der Waals surface area contributed by atoms with Gasteiger partial charge in [-0.1, -0.05) is 0 Å². The van der Waals surface area contributed by atoms with E-state index in [9.17, 15) is 131 Å². The molecule has 0 radical (unpaired) electrons. The molecule has 0 saturated carbocycles. The second kappa shape index (κ2) is 40.3. The summed E-state index contributed by atoms with van der Waals surface area (Å²) in [5.74, 6) is -1.91. The highest BCUT2D eigenvalue weighted by Gasteiger charge is 2.62. The highest BCUT2D eigenvalue weighted by Crippen LogP contribution is 2.40. The van der Waals surface area contributed by atoms with Crippen LogP contribution < -0.4 is 22.1 Å². The van der Waals surface area contributed by atoms with Gasteiger partial charge in [0.15, 0.2) is 81.0 Å². The molecular weight excluding hydrogens is 1550 g/mol. The molecule has 45 atom stereocenters. The fourth-order valence-electron chi connectivity index (χ4n) is 13.6. The van der Waals surface area contributed by atoms with Crippen LogP contribution in [-0.2, 0) is 143 Å². The summed E-state index contributed by atoms with van der Waals surface area (Å²) in [6.07, 6.45) is -85.5. The molecular formula is C59H92N4O49. The molecule has 642 valence electrons. The van der Waals surface area contributed by atoms with E-state index in [1.165, 1.54) is 0 Å². The number of ether oxygens (including phenoxy) is 23. The summed E-state index contributed by atoms with van der Waals surface area (Å²) in [6, 6.07) is -7.55. The van der Waals surface area contributed by atoms with Gasteiger partial charge < -0.3 is 228 Å². The van der Waals surface area contributed by atoms with E-state index in [0.29, 0.717) is 0 Å². The van der Waals surface area contributed by atoms with Gasteiger partial charge in [0.05, 0.1) is 38.5 Å². The standard InChI is InChI=1S/C59H92N4O49/c1-13(73)62-21-40(23(75)15(4-64)96-48(21)106-44-28(80)34(86)50(90-3)108-56(44)92-9-69)103-55-37(89)31(83)45(59(112-55)95-12-72)107-49-22(63-14(2)74)41(24(76)16(5-65)97-49)102-54-36(88)30(82)43(58(111-54)94-11-71)105-47-20(61)26(78)39(18(7-67)99-47)101-53-35(87)29(81)42(57(110-53)93-10-70)104-46-19(60)25(77)38(17(6-66)98-46)100-52-33(85)27(79)32(84)51(109-52)91-8-68/h8-12,15-59,64-67,75-89H,4-7,60-61H2,1-3H3,(H,62,73)(H,63,74)/t15?,16?,17?,18?,19?,20?,21?,22?,23-,24-,25+,26+,27-,28+,29+,30+,31+,32-,33?,34?,35?,36?,37?,38+,39+,40+,41+,42-,43-,44-,45-,46+,47+,48-,49-,50+,51?,52+,53+,54+,55+,56?,57?,58?,59?/m0/s1. The maximum absolute atomic E-state index is 13.0. The van der Waals surface area contributed by atoms with Gasteiger partial charge in [-0.3, -0.25) is 33.6 Å². The molecule has 18 unspecified atom stereocenters. The third kappa shape index (κ3) is 19.6. The van der Waals surface area contributed by atoms with E-state index in [-0.39, 0.29) is 32.4 Å². The van der Waals surface area contributed by atoms with Crippen molar-refractivity contribution >= 4 is 44.2 Å². The summed E-state index contributed by atoms with van der Waals surface area (Å²) in [5.41, 5.74) is 12.6. The lowest BCUT2D eigenvalue weighted by molar-refractivity contribution is -0.407. The zero-order valence-corrected chi connectivity index (χ0v) is 58.6. The Labute approximate surface area is 628 Å². The quantitative estimate of drug-likeness (QED) is 0.0214. The summed E-state index contributed by atoms with van der Waals surface area (Å²) in [6.45, 7) is -3.60. The van der Waals surface area contributed by atoms with Crippen LogP contribution in [0.1, 0.15) is 13.8 Å². The normalized spacial score (nSPS) is 48.7. The van der Waals surface area contributed by atoms with Crippen LogP contribution in [0.2, 0.25) is 0 Å². The van der Waals surface area contributed by atoms with Crippen LogP contribution in [0.15, 0.2) is 0 Å². The molecule has 0 aromatic heterocycles. The molecule has 112 heavy (non-hydrogen) atoms. The molecule has 0 aromatic rings. The molecule has 9 aliphatic heterocycles. The lowest BCUT2D eigenvalue weighted by atomic mass is 9.94. The number of aliphatic hydroxyl groups is 19. The van der Waals surface area contributed by atoms with E-state index < -0.39 is 315 Å². The minimum absolute atomic E-state index is 0.121. The maximum Gasteiger partial charge on any atom is 0.295 e. The smallest absolute Gasteiger partial charge is 0.295 e. The maximum atomic E-state index is 13.0. The number of amides is 2. The van der Waals surface area contributed by atoms with Crippen molar-refractivity contribution in [3.63, 3.8) is 0 Å². The first kappa shape index (κ1) is 90.6. The molecule has 0 aromatic carbocycles. The summed E-state index contributed by atoms with van der Waals surface area (Å²) in [5, 5.41) is 215. The average Bonchev–Trinajstić information content (AvgIpc) is 0.739. The third-order valence-electron chi connectivity index (χ3n) is 19.3. The van der Waals surface area contributed by atoms with Gasteiger partial charge in [-0.25, -0.2) is 0 Å². The second-order valence-corrected chi connectivity index (χ2v) is 26.4. The van der Waals surface area contributed by atoms with Crippen molar-refractivity contribution in [2.45, 2.75) is 291 Å². The van der Waals surface area contributed by atoms with Crippen LogP contribution in [0.25, 0.3) is 0 Å². The van der Waals surface area contributed by atoms with Gasteiger partial charge in [0.2, 0.25) is 43.3 Å². The average molecular weight is 1640 g/mol. The Hall–Kier alpha value is -5.27. The Morgan fingerprint density at radius 3 is 0.821 bits per heavy atom. The van der Waals surface area contributed by atoms with E-state index in [4.69, 9.17) is 116 Å². The van der Waals surface area contributed by atoms with Crippen molar-refractivity contribution in [3.05, 3.63) is 0 Å². The highest BCUT2D eigenvalue weighted by molar-refractivity contribution is 5.73. The summed E-state index contributed by atoms with van der Waals surface area (Å²) in [7, 11) is 1.07. The van der Waals surface area contributed by atoms with E-state index >= 15 is 0 Å². The van der Waals surface area contributed by atoms with Gasteiger partial charge >= 0.3 is 0 Å². The number of rotatable bonds is 33. The molecule has 9 saturated heterocycles. The van der Waals surface area contributed by atoms with E-state index in [1.54, 1.807) is 0 Å². The van der Waals surface area contributed by atoms with Crippen LogP contribution in [-0.4, -0.2) is 452 Å². The topological polar surface area (TPSA) is 792 Å². The monoisotopic (exact) mass is 1640 g/mol. The van der Waals surface area contributed by atoms with Crippen LogP contribution in [0.3, 0.4) is 0 Å². The Kier molecular flexibility index (Phi) is 32.6. The SMILES string of the molecule is CO[C@@H]1OC(OC=O)[C@@H](O[C@@H]2OC(CO)[C@H](O)[C@H](O[C@@H]3OC(OC=O)[C@@H](O[C@@H]4OC(CO)[C@H](O)[C@H](O[C@@H]5OC(OC=O)[C@@H](O[C@H]6OC(CO)[C@@H](O[C@@H]7OC(OC=O)[C@@H](O[C@H]8OC(CO)[C@@H](O[C@@H]9OC(OC=O)[C@@H](O)[C@H](O)C9O)[C@H](O)C8N)[C@H](O)C7O)[C@H](O)C6N)[C@H](O)C5O)C4NC(C)=O)[C@H](O)C3O)C2NC(C)=O)[C@H](O)C1O. The summed E-state index contributed by atoms with van der Waals surface area (Å²) < 4.78 is 127. The first-order valence-corrected chi connectivity index (χ1v) is 34.1. The molecule has 9 aliphatic rings. The molecule has 0 bridgehead atoms. The number of nitrogens with one attached hydrogen (secondary N) is 2. The predicted octanol–water partition coefficient (Wildman–Crippen LogP) is -19.1. The number of carbonyl (C=O) groups is 7. The number of nitrogens with two attached hydrogens (primary N) is 2. The van der Waals surface area contributed by atoms with Crippen LogP contribution in [0.5, 0.6) is 0 Å². The van der Waals surface area contributed by atoms with Crippen molar-refractivity contribution in [1.29, 1.82) is 0 Å². The minimum atomic E-state index is -2.45. The van der Waals surface area contributed by atoms with Gasteiger partial charge in [0.25, 0.3) is 32.4 Å². The van der Waals surface area contributed by atoms with Gasteiger partial charge in [-0.2, -0.15) is 0 Å². The van der Waals surface area contributed by atoms with Crippen LogP contribution >= 0.6 is 0 Å². The Balaban J connectivity index is 0.857. The second-order valence-electron chi connectivity index (χ2n) is 26.4. The van der Waals surface area contributed by atoms with Crippen molar-refractivity contribution < 1.29 is 240 Å². The number of methoxy groups -OCH3 is 1. The number of carbonyl (C=O) groups excluding carboxylic acids is 7. The number of aliphatic hydroxyl groups excluding tert-OH is 19. The zero-order chi connectivity index (χ0) is 82.2. The fraction of sp³-hybridized carbons (Fsp3) is 0.881. The van der Waals surface area contributed by atoms with E-state index in [1.807, 2.05) is 0 Å². The highest BCUT2D eigenvalue weighted by atomic mass is 16.9. The Bertz CT molecular complexity index is 3000. The van der Waals surface area contributed by atoms with E-state index in [2.05, 4.69) is 15.4 Å². The number of hydrogen-bond donors (Lipinski definition) is 23. The lowest BCUT2D eigenvalue weighted by Gasteiger charge is -2.50. The fourth-order valence-corrected chi connectivity index (χ4v) is 13.6. The molecule has 0 aliphatic carbocycles. The Morgan fingerprint density at radius 2 is 0.527 bits per heavy atom.